The van der Waals surface area contributed by atoms with Gasteiger partial charge < -0.3 is 19.7 Å². The maximum atomic E-state index is 13.2. The standard InChI is InChI=1S/C24H24F2N4O3.CH3NO/c1-15-3-5-17(22-28-23(33-29-22)18-10-24(25,26)11-18)9-19(15)20-12-27-21-6-4-16(13-30(20)21)14-32-8-7-31-2;2-1-3/h3-6,9,12-13,18H,7-8,10-11,14H2,1-2H3;1H,(H2,2,3). The van der Waals surface area contributed by atoms with Gasteiger partial charge in [0.1, 0.15) is 5.65 Å². The SMILES string of the molecule is COCCOCc1ccc2ncc(-c3cc(-c4noc(C5CC(F)(F)C5)n4)ccc3C)n2c1.NC=O. The van der Waals surface area contributed by atoms with Crippen LogP contribution < -0.4 is 5.73 Å². The minimum atomic E-state index is -2.63. The molecule has 3 aromatic heterocycles. The molecule has 9 nitrogen and oxygen atoms in total. The smallest absolute Gasteiger partial charge is 0.249 e. The van der Waals surface area contributed by atoms with Gasteiger partial charge in [0.05, 0.1) is 31.7 Å². The van der Waals surface area contributed by atoms with Crippen molar-refractivity contribution >= 4 is 12.1 Å². The van der Waals surface area contributed by atoms with Gasteiger partial charge in [0.25, 0.3) is 0 Å². The Labute approximate surface area is 206 Å². The van der Waals surface area contributed by atoms with Gasteiger partial charge in [-0.1, -0.05) is 23.4 Å². The van der Waals surface area contributed by atoms with E-state index in [9.17, 15) is 8.78 Å². The molecule has 1 aliphatic rings. The Hall–Kier alpha value is -3.70. The maximum absolute atomic E-state index is 13.2. The van der Waals surface area contributed by atoms with Crippen LogP contribution in [0.5, 0.6) is 0 Å². The molecule has 1 amide bonds. The highest BCUT2D eigenvalue weighted by molar-refractivity contribution is 5.72. The predicted molar refractivity (Wildman–Crippen MR) is 127 cm³/mol. The summed E-state index contributed by atoms with van der Waals surface area (Å²) >= 11 is 0. The number of ether oxygens (including phenoxy) is 2. The van der Waals surface area contributed by atoms with E-state index in [0.29, 0.717) is 25.6 Å². The molecular formula is C25H27F2N5O4. The first-order chi connectivity index (χ1) is 17.3. The highest BCUT2D eigenvalue weighted by Gasteiger charge is 2.48. The Bertz CT molecular complexity index is 1330. The molecule has 4 aromatic rings. The molecule has 0 aliphatic heterocycles. The number of imidazole rings is 1. The average molecular weight is 500 g/mol. The van der Waals surface area contributed by atoms with Crippen LogP contribution in [-0.4, -0.2) is 52.2 Å². The number of hydrogen-bond donors (Lipinski definition) is 1. The minimum absolute atomic E-state index is 0.243. The molecule has 0 atom stereocenters. The van der Waals surface area contributed by atoms with Crippen molar-refractivity contribution in [3.8, 4) is 22.6 Å². The van der Waals surface area contributed by atoms with Crippen molar-refractivity contribution in [3.05, 3.63) is 59.7 Å². The van der Waals surface area contributed by atoms with E-state index in [1.165, 1.54) is 0 Å². The van der Waals surface area contributed by atoms with Gasteiger partial charge in [0, 0.05) is 43.2 Å². The molecule has 0 bridgehead atoms. The van der Waals surface area contributed by atoms with E-state index in [0.717, 1.165) is 33.6 Å². The zero-order valence-electron chi connectivity index (χ0n) is 20.0. The fourth-order valence-electron chi connectivity index (χ4n) is 4.03. The largest absolute Gasteiger partial charge is 0.382 e. The van der Waals surface area contributed by atoms with Crippen molar-refractivity contribution in [2.45, 2.75) is 38.2 Å². The van der Waals surface area contributed by atoms with Gasteiger partial charge in [-0.2, -0.15) is 4.98 Å². The lowest BCUT2D eigenvalue weighted by Crippen LogP contribution is -2.33. The zero-order valence-corrected chi connectivity index (χ0v) is 20.0. The lowest BCUT2D eigenvalue weighted by molar-refractivity contribution is -0.106. The molecule has 0 radical (unpaired) electrons. The van der Waals surface area contributed by atoms with E-state index in [4.69, 9.17) is 18.8 Å². The van der Waals surface area contributed by atoms with Gasteiger partial charge in [0.15, 0.2) is 0 Å². The first-order valence-electron chi connectivity index (χ1n) is 11.4. The fourth-order valence-corrected chi connectivity index (χ4v) is 4.03. The van der Waals surface area contributed by atoms with E-state index >= 15 is 0 Å². The molecule has 2 N–H and O–H groups in total. The number of pyridine rings is 1. The Morgan fingerprint density at radius 3 is 2.75 bits per heavy atom. The molecule has 1 aliphatic carbocycles. The van der Waals surface area contributed by atoms with Gasteiger partial charge in [-0.3, -0.25) is 9.20 Å². The number of fused-ring (bicyclic) bond motifs is 1. The number of aromatic nitrogens is 4. The summed E-state index contributed by atoms with van der Waals surface area (Å²) in [7, 11) is 1.64. The maximum Gasteiger partial charge on any atom is 0.249 e. The van der Waals surface area contributed by atoms with Crippen LogP contribution in [0.1, 0.15) is 35.8 Å². The number of carbonyl (C=O) groups excluding carboxylic acids is 1. The number of benzene rings is 1. The Balaban J connectivity index is 0.000000967. The summed E-state index contributed by atoms with van der Waals surface area (Å²) in [6.45, 7) is 3.57. The molecule has 3 heterocycles. The summed E-state index contributed by atoms with van der Waals surface area (Å²) in [5.41, 5.74) is 9.72. The van der Waals surface area contributed by atoms with Gasteiger partial charge in [-0.25, -0.2) is 13.8 Å². The zero-order chi connectivity index (χ0) is 25.7. The van der Waals surface area contributed by atoms with E-state index in [2.05, 4.69) is 20.9 Å². The topological polar surface area (TPSA) is 118 Å². The first kappa shape index (κ1) is 25.4. The molecule has 5 rings (SSSR count). The summed E-state index contributed by atoms with van der Waals surface area (Å²) in [4.78, 5) is 17.5. The number of methoxy groups -OCH3 is 1. The van der Waals surface area contributed by atoms with Crippen LogP contribution in [0.25, 0.3) is 28.3 Å². The first-order valence-corrected chi connectivity index (χ1v) is 11.4. The number of rotatable bonds is 8. The molecule has 0 unspecified atom stereocenters. The summed E-state index contributed by atoms with van der Waals surface area (Å²) in [5, 5.41) is 4.03. The molecule has 190 valence electrons. The van der Waals surface area contributed by atoms with Gasteiger partial charge in [0.2, 0.25) is 24.0 Å². The van der Waals surface area contributed by atoms with Crippen molar-refractivity contribution in [3.63, 3.8) is 0 Å². The fraction of sp³-hybridized carbons (Fsp3) is 0.360. The third-order valence-corrected chi connectivity index (χ3v) is 5.92. The van der Waals surface area contributed by atoms with E-state index in [1.54, 1.807) is 7.11 Å². The van der Waals surface area contributed by atoms with E-state index < -0.39 is 5.92 Å². The van der Waals surface area contributed by atoms with Crippen LogP contribution in [0.15, 0.2) is 47.2 Å². The minimum Gasteiger partial charge on any atom is -0.382 e. The lowest BCUT2D eigenvalue weighted by atomic mass is 9.81. The second-order valence-corrected chi connectivity index (χ2v) is 8.54. The summed E-state index contributed by atoms with van der Waals surface area (Å²) in [6.07, 6.45) is 3.61. The number of primary amides is 1. The lowest BCUT2D eigenvalue weighted by Gasteiger charge is -2.31. The van der Waals surface area contributed by atoms with Crippen LogP contribution in [0.4, 0.5) is 8.78 Å². The van der Waals surface area contributed by atoms with Crippen molar-refractivity contribution in [2.75, 3.05) is 20.3 Å². The molecular weight excluding hydrogens is 472 g/mol. The molecule has 0 saturated heterocycles. The van der Waals surface area contributed by atoms with Crippen molar-refractivity contribution in [1.29, 1.82) is 0 Å². The Morgan fingerprint density at radius 1 is 1.25 bits per heavy atom. The van der Waals surface area contributed by atoms with E-state index in [-0.39, 0.29) is 31.1 Å². The molecule has 36 heavy (non-hydrogen) atoms. The number of nitrogens with two attached hydrogens (primary N) is 1. The second kappa shape index (κ2) is 10.9. The Morgan fingerprint density at radius 2 is 2.03 bits per heavy atom. The normalized spacial score (nSPS) is 14.8. The van der Waals surface area contributed by atoms with Crippen molar-refractivity contribution < 1.29 is 27.6 Å². The van der Waals surface area contributed by atoms with Crippen molar-refractivity contribution in [1.82, 2.24) is 19.5 Å². The van der Waals surface area contributed by atoms with Crippen LogP contribution in [0, 0.1) is 6.92 Å². The van der Waals surface area contributed by atoms with Gasteiger partial charge in [-0.05, 0) is 30.2 Å². The number of alkyl halides is 2. The average Bonchev–Trinajstić information content (AvgIpc) is 3.49. The molecule has 1 saturated carbocycles. The number of nitrogens with zero attached hydrogens (tertiary/aromatic N) is 4. The van der Waals surface area contributed by atoms with Crippen LogP contribution in [0.3, 0.4) is 0 Å². The third kappa shape index (κ3) is 5.58. The molecule has 1 aromatic carbocycles. The molecule has 0 spiro atoms. The molecule has 11 heteroatoms. The predicted octanol–water partition coefficient (Wildman–Crippen LogP) is 4.14. The highest BCUT2D eigenvalue weighted by atomic mass is 19.3. The Kier molecular flexibility index (Phi) is 7.70. The number of halogens is 2. The number of aryl methyl sites for hydroxylation is 1. The third-order valence-electron chi connectivity index (χ3n) is 5.92. The quantitative estimate of drug-likeness (QED) is 0.286. The van der Waals surface area contributed by atoms with Crippen LogP contribution >= 0.6 is 0 Å². The number of amides is 1. The number of hydrogen-bond acceptors (Lipinski definition) is 7. The summed E-state index contributed by atoms with van der Waals surface area (Å²) < 4.78 is 44.4. The van der Waals surface area contributed by atoms with Crippen LogP contribution in [0.2, 0.25) is 0 Å². The van der Waals surface area contributed by atoms with E-state index in [1.807, 2.05) is 54.0 Å². The summed E-state index contributed by atoms with van der Waals surface area (Å²) in [6, 6.07) is 9.81. The second-order valence-electron chi connectivity index (χ2n) is 8.54. The molecule has 1 fully saturated rings. The highest BCUT2D eigenvalue weighted by Crippen LogP contribution is 2.48. The monoisotopic (exact) mass is 499 g/mol. The van der Waals surface area contributed by atoms with Crippen LogP contribution in [-0.2, 0) is 20.9 Å². The van der Waals surface area contributed by atoms with Gasteiger partial charge >= 0.3 is 0 Å². The number of carbonyl (C=O) groups is 1. The summed E-state index contributed by atoms with van der Waals surface area (Å²) in [5.74, 6) is -2.35. The van der Waals surface area contributed by atoms with Gasteiger partial charge in [-0.15, -0.1) is 0 Å². The van der Waals surface area contributed by atoms with Crippen molar-refractivity contribution in [2.24, 2.45) is 5.73 Å².